The Morgan fingerprint density at radius 2 is 1.56 bits per heavy atom. The summed E-state index contributed by atoms with van der Waals surface area (Å²) in [5, 5.41) is 0.621. The molecule has 3 fully saturated rings. The number of likely N-dealkylation sites (tertiary alicyclic amines) is 1. The molecule has 1 heterocycles. The molecular formula is C28H26ClNO4. The van der Waals surface area contributed by atoms with Crippen LogP contribution in [0.3, 0.4) is 0 Å². The van der Waals surface area contributed by atoms with E-state index in [-0.39, 0.29) is 41.9 Å². The smallest absolute Gasteiger partial charge is 0.335 e. The van der Waals surface area contributed by atoms with Crippen molar-refractivity contribution in [3.8, 4) is 5.75 Å². The van der Waals surface area contributed by atoms with Gasteiger partial charge in [-0.15, -0.1) is 0 Å². The van der Waals surface area contributed by atoms with Crippen LogP contribution in [0.4, 0.5) is 0 Å². The van der Waals surface area contributed by atoms with Gasteiger partial charge in [-0.05, 0) is 72.8 Å². The van der Waals surface area contributed by atoms with Gasteiger partial charge in [0.2, 0.25) is 11.8 Å². The van der Waals surface area contributed by atoms with E-state index in [9.17, 15) is 14.4 Å². The molecule has 7 rings (SSSR count). The number of amides is 2. The van der Waals surface area contributed by atoms with Gasteiger partial charge in [0.05, 0.1) is 11.8 Å². The second-order valence-electron chi connectivity index (χ2n) is 10.2. The number of nitrogens with zero attached hydrogens (tertiary/aromatic N) is 1. The molecule has 6 heteroatoms. The summed E-state index contributed by atoms with van der Waals surface area (Å²) < 4.78 is 5.77. The number of hydrogen-bond acceptors (Lipinski definition) is 4. The highest BCUT2D eigenvalue weighted by Gasteiger charge is 2.68. The van der Waals surface area contributed by atoms with Crippen LogP contribution in [-0.4, -0.2) is 28.7 Å². The Morgan fingerprint density at radius 1 is 1.00 bits per heavy atom. The molecule has 4 aliphatic carbocycles. The lowest BCUT2D eigenvalue weighted by Gasteiger charge is -2.37. The van der Waals surface area contributed by atoms with Crippen LogP contribution in [0.25, 0.3) is 0 Å². The summed E-state index contributed by atoms with van der Waals surface area (Å²) in [4.78, 5) is 42.2. The largest absolute Gasteiger partial charge is 0.425 e. The highest BCUT2D eigenvalue weighted by Crippen LogP contribution is 2.65. The number of hydrogen-bond donors (Lipinski definition) is 0. The predicted octanol–water partition coefficient (Wildman–Crippen LogP) is 4.53. The topological polar surface area (TPSA) is 63.7 Å². The molecule has 5 nitrogen and oxygen atoms in total. The first kappa shape index (κ1) is 21.6. The molecule has 0 spiro atoms. The highest BCUT2D eigenvalue weighted by molar-refractivity contribution is 6.32. The average molecular weight is 476 g/mol. The van der Waals surface area contributed by atoms with Crippen molar-refractivity contribution in [1.29, 1.82) is 0 Å². The molecular weight excluding hydrogens is 450 g/mol. The van der Waals surface area contributed by atoms with E-state index in [1.807, 2.05) is 44.2 Å². The first-order valence-corrected chi connectivity index (χ1v) is 12.3. The summed E-state index contributed by atoms with van der Waals surface area (Å²) in [6.45, 7) is 3.70. The van der Waals surface area contributed by atoms with Crippen LogP contribution in [0.2, 0.25) is 5.02 Å². The minimum atomic E-state index is -1.01. The number of aryl methyl sites for hydroxylation is 2. The summed E-state index contributed by atoms with van der Waals surface area (Å²) in [6, 6.07) is 11.9. The minimum absolute atomic E-state index is 0.108. The Morgan fingerprint density at radius 3 is 2.12 bits per heavy atom. The number of ether oxygens (including phenoxy) is 1. The van der Waals surface area contributed by atoms with Gasteiger partial charge in [0, 0.05) is 11.4 Å². The third-order valence-electron chi connectivity index (χ3n) is 8.18. The van der Waals surface area contributed by atoms with E-state index in [1.54, 1.807) is 12.1 Å². The van der Waals surface area contributed by atoms with Gasteiger partial charge in [0.25, 0.3) is 0 Å². The van der Waals surface area contributed by atoms with Crippen molar-refractivity contribution < 1.29 is 19.1 Å². The zero-order chi connectivity index (χ0) is 23.7. The van der Waals surface area contributed by atoms with Crippen molar-refractivity contribution >= 4 is 29.4 Å². The number of benzene rings is 2. The molecule has 5 aliphatic rings. The standard InChI is InChI=1S/C28H26ClNO4/c1-14-10-17(11-15(2)25(14)29)34-28(33)22(12-16-6-4-3-5-7-16)30-26(31)23-18-8-9-19(21-13-20(18)21)24(23)27(30)32/h3-11,18-24H,12-13H2,1-2H3/t18-,19-,20-,21-,22-,23-,24+/m1/s1. The minimum Gasteiger partial charge on any atom is -0.425 e. The molecule has 2 aromatic rings. The van der Waals surface area contributed by atoms with Crippen LogP contribution in [-0.2, 0) is 20.8 Å². The molecule has 0 unspecified atom stereocenters. The number of halogens is 1. The van der Waals surface area contributed by atoms with Gasteiger partial charge in [-0.25, -0.2) is 4.79 Å². The van der Waals surface area contributed by atoms with Crippen molar-refractivity contribution in [1.82, 2.24) is 4.90 Å². The molecule has 2 amide bonds. The first-order chi connectivity index (χ1) is 16.3. The van der Waals surface area contributed by atoms with Crippen molar-refractivity contribution in [2.45, 2.75) is 32.7 Å². The zero-order valence-electron chi connectivity index (χ0n) is 19.1. The van der Waals surface area contributed by atoms with E-state index >= 15 is 0 Å². The lowest BCUT2D eigenvalue weighted by Crippen LogP contribution is -2.48. The Bertz CT molecular complexity index is 1180. The fourth-order valence-electron chi connectivity index (χ4n) is 6.55. The first-order valence-electron chi connectivity index (χ1n) is 11.9. The van der Waals surface area contributed by atoms with Crippen LogP contribution >= 0.6 is 11.6 Å². The monoisotopic (exact) mass is 475 g/mol. The maximum atomic E-state index is 13.7. The molecule has 1 aliphatic heterocycles. The second kappa shape index (κ2) is 7.81. The van der Waals surface area contributed by atoms with Crippen molar-refractivity contribution in [3.63, 3.8) is 0 Å². The molecule has 174 valence electrons. The summed E-state index contributed by atoms with van der Waals surface area (Å²) in [5.41, 5.74) is 2.46. The number of esters is 1. The number of carbonyl (C=O) groups excluding carboxylic acids is 3. The molecule has 2 aromatic carbocycles. The lowest BCUT2D eigenvalue weighted by atomic mass is 9.63. The maximum absolute atomic E-state index is 13.7. The van der Waals surface area contributed by atoms with Crippen LogP contribution in [0.1, 0.15) is 23.1 Å². The second-order valence-corrected chi connectivity index (χ2v) is 10.6. The summed E-state index contributed by atoms with van der Waals surface area (Å²) in [5.74, 6) is -0.151. The van der Waals surface area contributed by atoms with Crippen LogP contribution in [0.15, 0.2) is 54.6 Å². The van der Waals surface area contributed by atoms with Crippen LogP contribution in [0, 0.1) is 49.4 Å². The fourth-order valence-corrected chi connectivity index (χ4v) is 6.66. The summed E-state index contributed by atoms with van der Waals surface area (Å²) in [7, 11) is 0. The van der Waals surface area contributed by atoms with E-state index in [0.29, 0.717) is 22.6 Å². The lowest BCUT2D eigenvalue weighted by molar-refractivity contribution is -0.153. The summed E-state index contributed by atoms with van der Waals surface area (Å²) in [6.07, 6.45) is 5.59. The molecule has 0 aromatic heterocycles. The number of rotatable bonds is 5. The normalized spacial score (nSPS) is 31.3. The SMILES string of the molecule is Cc1cc(OC(=O)[C@@H](Cc2ccccc2)N2C(=O)[C@@H]3[C@@H]4C=C[C@H]([C@H]5C[C@H]45)[C@@H]3C2=O)cc(C)c1Cl. The third-order valence-corrected chi connectivity index (χ3v) is 8.78. The Balaban J connectivity index is 1.34. The number of imide groups is 1. The van der Waals surface area contributed by atoms with Crippen molar-refractivity contribution in [3.05, 3.63) is 76.3 Å². The molecule has 0 N–H and O–H groups in total. The van der Waals surface area contributed by atoms with Crippen molar-refractivity contribution in [2.24, 2.45) is 35.5 Å². The number of allylic oxidation sites excluding steroid dienone is 2. The van der Waals surface area contributed by atoms with Crippen molar-refractivity contribution in [2.75, 3.05) is 0 Å². The Hall–Kier alpha value is -2.92. The molecule has 1 saturated heterocycles. The van der Waals surface area contributed by atoms with Gasteiger partial charge < -0.3 is 4.74 Å². The molecule has 0 radical (unpaired) electrons. The average Bonchev–Trinajstić information content (AvgIpc) is 3.60. The van der Waals surface area contributed by atoms with E-state index in [0.717, 1.165) is 23.1 Å². The molecule has 2 saturated carbocycles. The zero-order valence-corrected chi connectivity index (χ0v) is 19.9. The number of carbonyl (C=O) groups is 3. The quantitative estimate of drug-likeness (QED) is 0.276. The van der Waals surface area contributed by atoms with Gasteiger partial charge in [-0.1, -0.05) is 54.1 Å². The summed E-state index contributed by atoms with van der Waals surface area (Å²) >= 11 is 6.27. The fraction of sp³-hybridized carbons (Fsp3) is 0.393. The van der Waals surface area contributed by atoms with E-state index in [4.69, 9.17) is 16.3 Å². The van der Waals surface area contributed by atoms with E-state index < -0.39 is 12.0 Å². The third kappa shape index (κ3) is 3.24. The van der Waals surface area contributed by atoms with Crippen LogP contribution < -0.4 is 4.74 Å². The van der Waals surface area contributed by atoms with Gasteiger partial charge in [0.1, 0.15) is 11.8 Å². The molecule has 34 heavy (non-hydrogen) atoms. The van der Waals surface area contributed by atoms with Gasteiger partial charge in [-0.2, -0.15) is 0 Å². The van der Waals surface area contributed by atoms with Gasteiger partial charge >= 0.3 is 5.97 Å². The van der Waals surface area contributed by atoms with Gasteiger partial charge in [0.15, 0.2) is 0 Å². The van der Waals surface area contributed by atoms with Crippen LogP contribution in [0.5, 0.6) is 5.75 Å². The van der Waals surface area contributed by atoms with Gasteiger partial charge in [-0.3, -0.25) is 14.5 Å². The molecule has 7 atom stereocenters. The maximum Gasteiger partial charge on any atom is 0.335 e. The Kier molecular flexibility index (Phi) is 4.96. The highest BCUT2D eigenvalue weighted by atomic mass is 35.5. The Labute approximate surface area is 203 Å². The van der Waals surface area contributed by atoms with E-state index in [1.165, 1.54) is 4.90 Å². The molecule has 2 bridgehead atoms. The predicted molar refractivity (Wildman–Crippen MR) is 127 cm³/mol. The van der Waals surface area contributed by atoms with E-state index in [2.05, 4.69) is 12.2 Å².